The number of hydrazone groups is 1. The number of ether oxygens (including phenoxy) is 2. The zero-order valence-electron chi connectivity index (χ0n) is 14.3. The van der Waals surface area contributed by atoms with Gasteiger partial charge in [0.25, 0.3) is 0 Å². The molecule has 1 saturated heterocycles. The van der Waals surface area contributed by atoms with Crippen LogP contribution in [0.15, 0.2) is 17.2 Å². The average Bonchev–Trinajstić information content (AvgIpc) is 3.10. The number of hydrogen-bond acceptors (Lipinski definition) is 6. The van der Waals surface area contributed by atoms with Gasteiger partial charge in [0.05, 0.1) is 28.9 Å². The number of methoxy groups -OCH3 is 1. The Labute approximate surface area is 152 Å². The van der Waals surface area contributed by atoms with Crippen LogP contribution < -0.4 is 0 Å². The van der Waals surface area contributed by atoms with Crippen molar-refractivity contribution in [3.8, 4) is 6.07 Å². The molecule has 0 radical (unpaired) electrons. The Kier molecular flexibility index (Phi) is 5.38. The Bertz CT molecular complexity index is 757. The molecule has 7 heteroatoms. The van der Waals surface area contributed by atoms with Crippen LogP contribution in [0.4, 0.5) is 0 Å². The molecule has 1 aromatic rings. The van der Waals surface area contributed by atoms with E-state index in [0.29, 0.717) is 36.8 Å². The second kappa shape index (κ2) is 7.52. The van der Waals surface area contributed by atoms with E-state index in [9.17, 15) is 4.79 Å². The van der Waals surface area contributed by atoms with Crippen LogP contribution in [0.3, 0.4) is 0 Å². The summed E-state index contributed by atoms with van der Waals surface area (Å²) in [7, 11) is 1.65. The zero-order chi connectivity index (χ0) is 18.0. The van der Waals surface area contributed by atoms with E-state index >= 15 is 0 Å². The molecule has 0 amide bonds. The second-order valence-electron chi connectivity index (χ2n) is 6.24. The minimum Gasteiger partial charge on any atom is -0.385 e. The molecule has 0 spiro atoms. The third kappa shape index (κ3) is 3.40. The van der Waals surface area contributed by atoms with Crippen molar-refractivity contribution in [1.29, 1.82) is 5.26 Å². The number of halogens is 1. The van der Waals surface area contributed by atoms with E-state index in [2.05, 4.69) is 11.2 Å². The molecule has 0 N–H and O–H groups in total. The molecule has 6 nitrogen and oxygen atoms in total. The van der Waals surface area contributed by atoms with Gasteiger partial charge in [0.15, 0.2) is 5.78 Å². The predicted octanol–water partition coefficient (Wildman–Crippen LogP) is 2.30. The number of carbonyl (C=O) groups excluding carboxylic acids is 1. The number of ketones is 1. The van der Waals surface area contributed by atoms with Crippen LogP contribution in [-0.2, 0) is 14.3 Å². The lowest BCUT2D eigenvalue weighted by atomic mass is 9.95. The quantitative estimate of drug-likeness (QED) is 0.727. The first-order valence-corrected chi connectivity index (χ1v) is 8.61. The molecule has 1 fully saturated rings. The summed E-state index contributed by atoms with van der Waals surface area (Å²) in [6.07, 6.45) is 0.921. The van der Waals surface area contributed by atoms with Gasteiger partial charge >= 0.3 is 0 Å². The van der Waals surface area contributed by atoms with Crippen LogP contribution in [0.2, 0.25) is 5.02 Å². The third-order valence-corrected chi connectivity index (χ3v) is 5.07. The van der Waals surface area contributed by atoms with Gasteiger partial charge in [0.1, 0.15) is 12.2 Å². The van der Waals surface area contributed by atoms with Crippen molar-refractivity contribution < 1.29 is 14.3 Å². The topological polar surface area (TPSA) is 74.9 Å². The summed E-state index contributed by atoms with van der Waals surface area (Å²) in [5.41, 5.74) is 2.88. The van der Waals surface area contributed by atoms with Crippen molar-refractivity contribution in [2.24, 2.45) is 5.10 Å². The summed E-state index contributed by atoms with van der Waals surface area (Å²) in [5.74, 6) is 0.174. The molecule has 0 saturated carbocycles. The van der Waals surface area contributed by atoms with Crippen molar-refractivity contribution in [2.75, 3.05) is 26.9 Å². The Balaban J connectivity index is 1.90. The SMILES string of the molecule is COCCCOC1C(c2ccc(C#N)c(Cl)c2C)=NN2CC(=O)CC12. The number of carbonyl (C=O) groups is 1. The Morgan fingerprint density at radius 3 is 2.96 bits per heavy atom. The van der Waals surface area contributed by atoms with Gasteiger partial charge < -0.3 is 9.47 Å². The van der Waals surface area contributed by atoms with Gasteiger partial charge in [-0.25, -0.2) is 0 Å². The molecule has 2 aliphatic heterocycles. The first-order chi connectivity index (χ1) is 12.1. The van der Waals surface area contributed by atoms with E-state index in [0.717, 1.165) is 23.3 Å². The number of fused-ring (bicyclic) bond motifs is 1. The van der Waals surface area contributed by atoms with Gasteiger partial charge in [-0.3, -0.25) is 9.80 Å². The lowest BCUT2D eigenvalue weighted by molar-refractivity contribution is -0.117. The number of nitriles is 1. The van der Waals surface area contributed by atoms with Crippen LogP contribution in [0.5, 0.6) is 0 Å². The van der Waals surface area contributed by atoms with E-state index in [1.807, 2.05) is 18.0 Å². The van der Waals surface area contributed by atoms with Crippen LogP contribution in [0.1, 0.15) is 29.5 Å². The van der Waals surface area contributed by atoms with E-state index in [1.54, 1.807) is 13.2 Å². The van der Waals surface area contributed by atoms with Crippen molar-refractivity contribution >= 4 is 23.1 Å². The van der Waals surface area contributed by atoms with E-state index < -0.39 is 0 Å². The van der Waals surface area contributed by atoms with Gasteiger partial charge in [0, 0.05) is 32.3 Å². The first kappa shape index (κ1) is 17.9. The molecule has 25 heavy (non-hydrogen) atoms. The molecule has 1 aromatic carbocycles. The number of hydrogen-bond donors (Lipinski definition) is 0. The fraction of sp³-hybridized carbons (Fsp3) is 0.500. The number of Topliss-reactive ketones (excluding diaryl/α,β-unsaturated/α-hetero) is 1. The summed E-state index contributed by atoms with van der Waals surface area (Å²) in [5, 5.41) is 16.0. The second-order valence-corrected chi connectivity index (χ2v) is 6.62. The first-order valence-electron chi connectivity index (χ1n) is 8.23. The van der Waals surface area contributed by atoms with Crippen LogP contribution in [-0.4, -0.2) is 55.5 Å². The molecule has 0 aliphatic carbocycles. The van der Waals surface area contributed by atoms with Gasteiger partial charge in [-0.2, -0.15) is 10.4 Å². The maximum absolute atomic E-state index is 11.8. The largest absolute Gasteiger partial charge is 0.385 e. The predicted molar refractivity (Wildman–Crippen MR) is 93.8 cm³/mol. The Morgan fingerprint density at radius 1 is 1.44 bits per heavy atom. The summed E-state index contributed by atoms with van der Waals surface area (Å²) in [6.45, 7) is 3.33. The normalized spacial score (nSPS) is 22.1. The third-order valence-electron chi connectivity index (χ3n) is 4.59. The maximum atomic E-state index is 11.8. The molecular weight excluding hydrogens is 342 g/mol. The standard InChI is InChI=1S/C18H20ClN3O3/c1-11-14(5-4-12(9-20)16(11)19)17-18(25-7-3-6-24-2)15-8-13(23)10-22(15)21-17/h4-5,15,18H,3,6-8,10H2,1-2H3. The number of benzene rings is 1. The Hall–Kier alpha value is -1.94. The lowest BCUT2D eigenvalue weighted by Crippen LogP contribution is -2.36. The van der Waals surface area contributed by atoms with E-state index in [4.69, 9.17) is 26.3 Å². The lowest BCUT2D eigenvalue weighted by Gasteiger charge is -2.21. The van der Waals surface area contributed by atoms with Crippen molar-refractivity contribution in [2.45, 2.75) is 31.9 Å². The average molecular weight is 362 g/mol. The monoisotopic (exact) mass is 361 g/mol. The molecule has 2 aliphatic rings. The maximum Gasteiger partial charge on any atom is 0.156 e. The number of nitrogens with zero attached hydrogens (tertiary/aromatic N) is 3. The van der Waals surface area contributed by atoms with Gasteiger partial charge in [-0.05, 0) is 25.0 Å². The summed E-state index contributed by atoms with van der Waals surface area (Å²) >= 11 is 6.31. The smallest absolute Gasteiger partial charge is 0.156 e. The molecule has 0 bridgehead atoms. The van der Waals surface area contributed by atoms with Crippen LogP contribution in [0, 0.1) is 18.3 Å². The van der Waals surface area contributed by atoms with Gasteiger partial charge in [-0.1, -0.05) is 17.7 Å². The molecule has 132 valence electrons. The van der Waals surface area contributed by atoms with Crippen molar-refractivity contribution in [3.63, 3.8) is 0 Å². The van der Waals surface area contributed by atoms with E-state index in [-0.39, 0.29) is 17.9 Å². The molecule has 2 unspecified atom stereocenters. The molecule has 3 rings (SSSR count). The zero-order valence-corrected chi connectivity index (χ0v) is 15.0. The minimum absolute atomic E-state index is 0.0705. The summed E-state index contributed by atoms with van der Waals surface area (Å²) in [6, 6.07) is 5.57. The molecule has 0 aromatic heterocycles. The van der Waals surface area contributed by atoms with Crippen LogP contribution >= 0.6 is 11.6 Å². The minimum atomic E-state index is -0.286. The highest BCUT2D eigenvalue weighted by atomic mass is 35.5. The fourth-order valence-corrected chi connectivity index (χ4v) is 3.52. The van der Waals surface area contributed by atoms with E-state index in [1.165, 1.54) is 0 Å². The van der Waals surface area contributed by atoms with Crippen molar-refractivity contribution in [1.82, 2.24) is 5.01 Å². The molecular formula is C18H20ClN3O3. The summed E-state index contributed by atoms with van der Waals surface area (Å²) < 4.78 is 11.1. The van der Waals surface area contributed by atoms with Gasteiger partial charge in [-0.15, -0.1) is 0 Å². The molecule has 2 heterocycles. The highest BCUT2D eigenvalue weighted by Crippen LogP contribution is 2.33. The summed E-state index contributed by atoms with van der Waals surface area (Å²) in [4.78, 5) is 11.8. The fourth-order valence-electron chi connectivity index (χ4n) is 3.31. The molecule has 2 atom stereocenters. The highest BCUT2D eigenvalue weighted by Gasteiger charge is 2.44. The van der Waals surface area contributed by atoms with Gasteiger partial charge in [0.2, 0.25) is 0 Å². The number of rotatable bonds is 6. The van der Waals surface area contributed by atoms with Crippen LogP contribution in [0.25, 0.3) is 0 Å². The highest BCUT2D eigenvalue weighted by molar-refractivity contribution is 6.33. The Morgan fingerprint density at radius 2 is 2.24 bits per heavy atom. The van der Waals surface area contributed by atoms with Crippen molar-refractivity contribution in [3.05, 3.63) is 33.8 Å².